The van der Waals surface area contributed by atoms with E-state index in [0.717, 1.165) is 15.0 Å². The molecule has 16 heavy (non-hydrogen) atoms. The molecule has 0 N–H and O–H groups in total. The Bertz CT molecular complexity index is 381. The molecule has 0 saturated heterocycles. The average molecular weight is 315 g/mol. The van der Waals surface area contributed by atoms with Crippen molar-refractivity contribution in [3.05, 3.63) is 29.3 Å². The van der Waals surface area contributed by atoms with Crippen molar-refractivity contribution in [3.8, 4) is 0 Å². The van der Waals surface area contributed by atoms with Crippen molar-refractivity contribution in [3.63, 3.8) is 0 Å². The predicted molar refractivity (Wildman–Crippen MR) is 78.1 cm³/mol. The lowest BCUT2D eigenvalue weighted by atomic mass is 10.4. The summed E-state index contributed by atoms with van der Waals surface area (Å²) in [4.78, 5) is 1.05. The summed E-state index contributed by atoms with van der Waals surface area (Å²) in [5.41, 5.74) is -2.15. The minimum atomic E-state index is -2.15. The van der Waals surface area contributed by atoms with Crippen LogP contribution in [0.1, 0.15) is 0 Å². The topological polar surface area (TPSA) is 18.5 Å². The first-order chi connectivity index (χ1) is 7.61. The predicted octanol–water partition coefficient (Wildman–Crippen LogP) is 4.64. The highest BCUT2D eigenvalue weighted by molar-refractivity contribution is 8.69. The molecule has 0 unspecified atom stereocenters. The van der Waals surface area contributed by atoms with Crippen molar-refractivity contribution < 1.29 is 9.05 Å². The van der Waals surface area contributed by atoms with Crippen LogP contribution < -0.4 is 0 Å². The second-order valence-corrected chi connectivity index (χ2v) is 10.9. The fourth-order valence-corrected chi connectivity index (χ4v) is 6.60. The SMILES string of the molecule is COP(=S)(OC)SCSc1ccccc1Cl. The van der Waals surface area contributed by atoms with Gasteiger partial charge in [0.1, 0.15) is 0 Å². The van der Waals surface area contributed by atoms with Crippen molar-refractivity contribution in [2.24, 2.45) is 0 Å². The highest BCUT2D eigenvalue weighted by atomic mass is 35.5. The zero-order valence-electron chi connectivity index (χ0n) is 8.88. The number of benzene rings is 1. The Morgan fingerprint density at radius 2 is 1.94 bits per heavy atom. The van der Waals surface area contributed by atoms with Gasteiger partial charge in [-0.2, -0.15) is 0 Å². The lowest BCUT2D eigenvalue weighted by Gasteiger charge is -2.16. The maximum atomic E-state index is 6.03. The van der Waals surface area contributed by atoms with Crippen LogP contribution in [0.15, 0.2) is 29.2 Å². The lowest BCUT2D eigenvalue weighted by molar-refractivity contribution is 0.354. The molecule has 7 heteroatoms. The standard InChI is InChI=1S/C9H12ClO2PS3/c1-11-13(14,12-2)16-7-15-9-6-4-3-5-8(9)10/h3-6H,7H2,1-2H3. The molecule has 1 aromatic carbocycles. The van der Waals surface area contributed by atoms with Gasteiger partial charge < -0.3 is 9.05 Å². The summed E-state index contributed by atoms with van der Waals surface area (Å²) in [5.74, 6) is 0. The molecule has 2 nitrogen and oxygen atoms in total. The number of thioether (sulfide) groups is 1. The molecule has 0 atom stereocenters. The van der Waals surface area contributed by atoms with Crippen molar-refractivity contribution in [1.82, 2.24) is 0 Å². The van der Waals surface area contributed by atoms with Gasteiger partial charge in [0.25, 0.3) is 0 Å². The lowest BCUT2D eigenvalue weighted by Crippen LogP contribution is -1.83. The second kappa shape index (κ2) is 7.27. The molecule has 0 spiro atoms. The van der Waals surface area contributed by atoms with Gasteiger partial charge in [-0.3, -0.25) is 0 Å². The zero-order valence-corrected chi connectivity index (χ0v) is 13.0. The summed E-state index contributed by atoms with van der Waals surface area (Å²) in [6.07, 6.45) is 0. The van der Waals surface area contributed by atoms with Gasteiger partial charge in [0.2, 0.25) is 5.69 Å². The minimum Gasteiger partial charge on any atom is -0.325 e. The van der Waals surface area contributed by atoms with E-state index in [0.29, 0.717) is 0 Å². The zero-order chi connectivity index (χ0) is 12.0. The molecule has 0 aliphatic carbocycles. The van der Waals surface area contributed by atoms with E-state index in [-0.39, 0.29) is 0 Å². The van der Waals surface area contributed by atoms with Crippen LogP contribution in [-0.2, 0) is 20.9 Å². The highest BCUT2D eigenvalue weighted by Crippen LogP contribution is 2.61. The third kappa shape index (κ3) is 4.57. The number of rotatable bonds is 6. The van der Waals surface area contributed by atoms with E-state index in [9.17, 15) is 0 Å². The molecule has 0 aliphatic heterocycles. The molecule has 0 heterocycles. The third-order valence-corrected chi connectivity index (χ3v) is 9.56. The van der Waals surface area contributed by atoms with E-state index in [1.807, 2.05) is 24.3 Å². The molecule has 90 valence electrons. The van der Waals surface area contributed by atoms with Crippen LogP contribution in [0.2, 0.25) is 5.02 Å². The Morgan fingerprint density at radius 3 is 2.50 bits per heavy atom. The maximum Gasteiger partial charge on any atom is 0.247 e. The quantitative estimate of drug-likeness (QED) is 0.431. The fraction of sp³-hybridized carbons (Fsp3) is 0.333. The largest absolute Gasteiger partial charge is 0.325 e. The first-order valence-electron chi connectivity index (χ1n) is 4.34. The van der Waals surface area contributed by atoms with Crippen LogP contribution in [0.25, 0.3) is 0 Å². The molecule has 1 aromatic rings. The molecule has 0 fully saturated rings. The van der Waals surface area contributed by atoms with Gasteiger partial charge in [-0.25, -0.2) is 0 Å². The van der Waals surface area contributed by atoms with Gasteiger partial charge in [0.05, 0.1) is 10.1 Å². The number of hydrogen-bond donors (Lipinski definition) is 0. The summed E-state index contributed by atoms with van der Waals surface area (Å²) in [6.45, 7) is 0. The smallest absolute Gasteiger partial charge is 0.247 e. The van der Waals surface area contributed by atoms with Gasteiger partial charge >= 0.3 is 0 Å². The molecule has 0 aliphatic rings. The van der Waals surface area contributed by atoms with Crippen LogP contribution >= 0.6 is 40.4 Å². The van der Waals surface area contributed by atoms with Gasteiger partial charge in [0.15, 0.2) is 0 Å². The molecule has 0 aromatic heterocycles. The third-order valence-electron chi connectivity index (χ3n) is 1.71. The van der Waals surface area contributed by atoms with Crippen LogP contribution in [-0.4, -0.2) is 19.3 Å². The summed E-state index contributed by atoms with van der Waals surface area (Å²) < 4.78 is 10.4. The van der Waals surface area contributed by atoms with E-state index < -0.39 is 5.69 Å². The molecule has 0 saturated carbocycles. The molecule has 0 radical (unpaired) electrons. The summed E-state index contributed by atoms with van der Waals surface area (Å²) in [6, 6.07) is 7.73. The molecule has 0 bridgehead atoms. The van der Waals surface area contributed by atoms with Gasteiger partial charge in [-0.05, 0) is 23.9 Å². The van der Waals surface area contributed by atoms with Crippen molar-refractivity contribution >= 4 is 52.2 Å². The average Bonchev–Trinajstić information content (AvgIpc) is 2.31. The van der Waals surface area contributed by atoms with Crippen molar-refractivity contribution in [1.29, 1.82) is 0 Å². The van der Waals surface area contributed by atoms with Crippen LogP contribution in [0.3, 0.4) is 0 Å². The van der Waals surface area contributed by atoms with E-state index in [4.69, 9.17) is 32.5 Å². The van der Waals surface area contributed by atoms with Gasteiger partial charge in [-0.15, -0.1) is 11.8 Å². The molecule has 1 rings (SSSR count). The van der Waals surface area contributed by atoms with Crippen LogP contribution in [0, 0.1) is 0 Å². The van der Waals surface area contributed by atoms with E-state index in [1.54, 1.807) is 26.0 Å². The maximum absolute atomic E-state index is 6.03. The van der Waals surface area contributed by atoms with Crippen LogP contribution in [0.4, 0.5) is 0 Å². The number of halogens is 1. The Balaban J connectivity index is 2.48. The molecule has 0 amide bonds. The van der Waals surface area contributed by atoms with Gasteiger partial charge in [0, 0.05) is 19.1 Å². The fourth-order valence-electron chi connectivity index (χ4n) is 0.896. The minimum absolute atomic E-state index is 0.760. The van der Waals surface area contributed by atoms with Crippen LogP contribution in [0.5, 0.6) is 0 Å². The number of hydrogen-bond acceptors (Lipinski definition) is 5. The van der Waals surface area contributed by atoms with E-state index in [2.05, 4.69) is 0 Å². The summed E-state index contributed by atoms with van der Waals surface area (Å²) in [7, 11) is 3.16. The highest BCUT2D eigenvalue weighted by Gasteiger charge is 2.16. The monoisotopic (exact) mass is 314 g/mol. The van der Waals surface area contributed by atoms with E-state index in [1.165, 1.54) is 11.4 Å². The van der Waals surface area contributed by atoms with Crippen molar-refractivity contribution in [2.75, 3.05) is 19.3 Å². The Labute approximate surface area is 114 Å². The first-order valence-corrected chi connectivity index (χ1v) is 9.94. The summed E-state index contributed by atoms with van der Waals surface area (Å²) in [5, 5.41) is 1.53. The molecular formula is C9H12ClO2PS3. The summed E-state index contributed by atoms with van der Waals surface area (Å²) >= 11 is 14.4. The first kappa shape index (κ1) is 14.8. The van der Waals surface area contributed by atoms with Gasteiger partial charge in [-0.1, -0.05) is 35.1 Å². The normalized spacial score (nSPS) is 11.7. The Hall–Kier alpha value is 0.780. The molecular weight excluding hydrogens is 303 g/mol. The Kier molecular flexibility index (Phi) is 6.74. The Morgan fingerprint density at radius 1 is 1.31 bits per heavy atom. The second-order valence-electron chi connectivity index (χ2n) is 2.63. The van der Waals surface area contributed by atoms with E-state index >= 15 is 0 Å². The van der Waals surface area contributed by atoms with Crippen molar-refractivity contribution in [2.45, 2.75) is 4.90 Å².